The van der Waals surface area contributed by atoms with E-state index in [1.165, 1.54) is 11.1 Å². The Morgan fingerprint density at radius 3 is 2.78 bits per heavy atom. The predicted molar refractivity (Wildman–Crippen MR) is 74.7 cm³/mol. The molecule has 0 amide bonds. The van der Waals surface area contributed by atoms with E-state index in [2.05, 4.69) is 53.7 Å². The van der Waals surface area contributed by atoms with Crippen molar-refractivity contribution in [2.75, 3.05) is 0 Å². The SMILES string of the molecule is CC(C)c1cccc(-c2cnc3ccccn23)c1. The summed E-state index contributed by atoms with van der Waals surface area (Å²) in [5.41, 5.74) is 4.72. The minimum atomic E-state index is 0.545. The van der Waals surface area contributed by atoms with E-state index in [1.54, 1.807) is 0 Å². The van der Waals surface area contributed by atoms with E-state index in [-0.39, 0.29) is 0 Å². The molecule has 0 N–H and O–H groups in total. The molecule has 2 heterocycles. The van der Waals surface area contributed by atoms with Gasteiger partial charge in [-0.05, 0) is 29.7 Å². The lowest BCUT2D eigenvalue weighted by atomic mass is 10.00. The molecule has 18 heavy (non-hydrogen) atoms. The summed E-state index contributed by atoms with van der Waals surface area (Å²) in [6.45, 7) is 4.43. The summed E-state index contributed by atoms with van der Waals surface area (Å²) < 4.78 is 2.12. The van der Waals surface area contributed by atoms with Crippen LogP contribution < -0.4 is 0 Å². The first-order valence-electron chi connectivity index (χ1n) is 6.28. The Hall–Kier alpha value is -2.09. The molecule has 0 unspecified atom stereocenters. The van der Waals surface area contributed by atoms with Crippen molar-refractivity contribution in [2.24, 2.45) is 0 Å². The van der Waals surface area contributed by atoms with Gasteiger partial charge in [0, 0.05) is 11.8 Å². The zero-order chi connectivity index (χ0) is 12.5. The van der Waals surface area contributed by atoms with Gasteiger partial charge in [0.25, 0.3) is 0 Å². The molecule has 0 saturated heterocycles. The first-order chi connectivity index (χ1) is 8.75. The second-order valence-corrected chi connectivity index (χ2v) is 4.85. The maximum Gasteiger partial charge on any atom is 0.137 e. The van der Waals surface area contributed by atoms with E-state index >= 15 is 0 Å². The maximum atomic E-state index is 4.43. The molecule has 3 aromatic rings. The molecule has 0 fully saturated rings. The highest BCUT2D eigenvalue weighted by molar-refractivity contribution is 5.64. The van der Waals surface area contributed by atoms with Crippen molar-refractivity contribution in [3.05, 3.63) is 60.4 Å². The number of hydrogen-bond acceptors (Lipinski definition) is 1. The van der Waals surface area contributed by atoms with E-state index in [4.69, 9.17) is 0 Å². The zero-order valence-corrected chi connectivity index (χ0v) is 10.7. The monoisotopic (exact) mass is 236 g/mol. The van der Waals surface area contributed by atoms with Crippen LogP contribution in [0.5, 0.6) is 0 Å². The van der Waals surface area contributed by atoms with Crippen molar-refractivity contribution < 1.29 is 0 Å². The van der Waals surface area contributed by atoms with Gasteiger partial charge in [-0.15, -0.1) is 0 Å². The van der Waals surface area contributed by atoms with Crippen LogP contribution in [0.2, 0.25) is 0 Å². The molecule has 3 rings (SSSR count). The van der Waals surface area contributed by atoms with Crippen molar-refractivity contribution in [1.82, 2.24) is 9.38 Å². The van der Waals surface area contributed by atoms with E-state index in [9.17, 15) is 0 Å². The second-order valence-electron chi connectivity index (χ2n) is 4.85. The number of benzene rings is 1. The Morgan fingerprint density at radius 1 is 1.06 bits per heavy atom. The average molecular weight is 236 g/mol. The summed E-state index contributed by atoms with van der Waals surface area (Å²) in [7, 11) is 0. The van der Waals surface area contributed by atoms with Crippen LogP contribution in [0.1, 0.15) is 25.3 Å². The molecule has 0 saturated carbocycles. The second kappa shape index (κ2) is 4.30. The van der Waals surface area contributed by atoms with Crippen LogP contribution in [0.25, 0.3) is 16.9 Å². The average Bonchev–Trinajstić information content (AvgIpc) is 2.82. The molecular formula is C16H16N2. The highest BCUT2D eigenvalue weighted by Gasteiger charge is 2.06. The number of imidazole rings is 1. The molecule has 0 bridgehead atoms. The molecule has 0 aliphatic rings. The van der Waals surface area contributed by atoms with E-state index < -0.39 is 0 Å². The van der Waals surface area contributed by atoms with Gasteiger partial charge in [-0.1, -0.05) is 38.1 Å². The fourth-order valence-electron chi connectivity index (χ4n) is 2.20. The summed E-state index contributed by atoms with van der Waals surface area (Å²) >= 11 is 0. The molecule has 2 heteroatoms. The van der Waals surface area contributed by atoms with E-state index in [1.807, 2.05) is 24.4 Å². The number of hydrogen-bond donors (Lipinski definition) is 0. The maximum absolute atomic E-state index is 4.43. The molecule has 0 radical (unpaired) electrons. The molecule has 0 aliphatic carbocycles. The lowest BCUT2D eigenvalue weighted by Crippen LogP contribution is -1.90. The van der Waals surface area contributed by atoms with Crippen LogP contribution in [0.15, 0.2) is 54.9 Å². The van der Waals surface area contributed by atoms with Gasteiger partial charge in [0.1, 0.15) is 5.65 Å². The van der Waals surface area contributed by atoms with Gasteiger partial charge < -0.3 is 0 Å². The summed E-state index contributed by atoms with van der Waals surface area (Å²) in [4.78, 5) is 4.43. The number of fused-ring (bicyclic) bond motifs is 1. The largest absolute Gasteiger partial charge is 0.300 e. The summed E-state index contributed by atoms with van der Waals surface area (Å²) in [6.07, 6.45) is 3.99. The van der Waals surface area contributed by atoms with E-state index in [0.717, 1.165) is 11.3 Å². The standard InChI is InChI=1S/C16H16N2/c1-12(2)13-6-5-7-14(10-13)15-11-17-16-8-3-4-9-18(15)16/h3-12H,1-2H3. The smallest absolute Gasteiger partial charge is 0.137 e. The first kappa shape index (κ1) is 11.0. The molecule has 2 nitrogen and oxygen atoms in total. The molecule has 0 atom stereocenters. The number of pyridine rings is 1. The number of aromatic nitrogens is 2. The van der Waals surface area contributed by atoms with Crippen LogP contribution in [-0.2, 0) is 0 Å². The topological polar surface area (TPSA) is 17.3 Å². The van der Waals surface area contributed by atoms with Crippen LogP contribution in [-0.4, -0.2) is 9.38 Å². The Labute approximate surface area is 107 Å². The summed E-state index contributed by atoms with van der Waals surface area (Å²) in [6, 6.07) is 14.8. The van der Waals surface area contributed by atoms with Gasteiger partial charge >= 0.3 is 0 Å². The van der Waals surface area contributed by atoms with Crippen molar-refractivity contribution >= 4 is 5.65 Å². The van der Waals surface area contributed by atoms with Crippen molar-refractivity contribution in [1.29, 1.82) is 0 Å². The van der Waals surface area contributed by atoms with Crippen LogP contribution in [0.3, 0.4) is 0 Å². The molecule has 1 aromatic carbocycles. The van der Waals surface area contributed by atoms with Gasteiger partial charge in [-0.3, -0.25) is 4.40 Å². The zero-order valence-electron chi connectivity index (χ0n) is 10.7. The number of nitrogens with zero attached hydrogens (tertiary/aromatic N) is 2. The Morgan fingerprint density at radius 2 is 1.94 bits per heavy atom. The fourth-order valence-corrected chi connectivity index (χ4v) is 2.20. The molecule has 2 aromatic heterocycles. The van der Waals surface area contributed by atoms with Crippen molar-refractivity contribution in [3.63, 3.8) is 0 Å². The first-order valence-corrected chi connectivity index (χ1v) is 6.28. The van der Waals surface area contributed by atoms with Crippen LogP contribution in [0, 0.1) is 0 Å². The summed E-state index contributed by atoms with van der Waals surface area (Å²) in [5, 5.41) is 0. The summed E-state index contributed by atoms with van der Waals surface area (Å²) in [5.74, 6) is 0.545. The van der Waals surface area contributed by atoms with Gasteiger partial charge in [-0.2, -0.15) is 0 Å². The Bertz CT molecular complexity index is 680. The van der Waals surface area contributed by atoms with Gasteiger partial charge in [0.05, 0.1) is 11.9 Å². The lowest BCUT2D eigenvalue weighted by molar-refractivity contribution is 0.867. The van der Waals surface area contributed by atoms with Gasteiger partial charge in [-0.25, -0.2) is 4.98 Å². The van der Waals surface area contributed by atoms with Gasteiger partial charge in [0.15, 0.2) is 0 Å². The van der Waals surface area contributed by atoms with Crippen LogP contribution in [0.4, 0.5) is 0 Å². The van der Waals surface area contributed by atoms with E-state index in [0.29, 0.717) is 5.92 Å². The highest BCUT2D eigenvalue weighted by atomic mass is 15.0. The highest BCUT2D eigenvalue weighted by Crippen LogP contribution is 2.24. The lowest BCUT2D eigenvalue weighted by Gasteiger charge is -2.08. The van der Waals surface area contributed by atoms with Gasteiger partial charge in [0.2, 0.25) is 0 Å². The Balaban J connectivity index is 2.17. The molecule has 90 valence electrons. The minimum Gasteiger partial charge on any atom is -0.300 e. The predicted octanol–water partition coefficient (Wildman–Crippen LogP) is 4.12. The third-order valence-electron chi connectivity index (χ3n) is 3.27. The number of rotatable bonds is 2. The van der Waals surface area contributed by atoms with Crippen LogP contribution >= 0.6 is 0 Å². The fraction of sp³-hybridized carbons (Fsp3) is 0.188. The molecule has 0 aliphatic heterocycles. The normalized spacial score (nSPS) is 11.3. The Kier molecular flexibility index (Phi) is 2.63. The third-order valence-corrected chi connectivity index (χ3v) is 3.27. The minimum absolute atomic E-state index is 0.545. The van der Waals surface area contributed by atoms with Crippen molar-refractivity contribution in [3.8, 4) is 11.3 Å². The molecule has 0 spiro atoms. The van der Waals surface area contributed by atoms with Crippen molar-refractivity contribution in [2.45, 2.75) is 19.8 Å². The quantitative estimate of drug-likeness (QED) is 0.654. The molecular weight excluding hydrogens is 220 g/mol. The third kappa shape index (κ3) is 1.80.